The van der Waals surface area contributed by atoms with E-state index in [0.29, 0.717) is 23.7 Å². The quantitative estimate of drug-likeness (QED) is 0.617. The van der Waals surface area contributed by atoms with Crippen LogP contribution in [0.5, 0.6) is 0 Å². The van der Waals surface area contributed by atoms with Crippen LogP contribution in [0.25, 0.3) is 0 Å². The zero-order chi connectivity index (χ0) is 17.6. The van der Waals surface area contributed by atoms with E-state index in [9.17, 15) is 4.79 Å². The number of esters is 1. The predicted molar refractivity (Wildman–Crippen MR) is 98.5 cm³/mol. The van der Waals surface area contributed by atoms with Crippen molar-refractivity contribution in [3.8, 4) is 0 Å². The lowest BCUT2D eigenvalue weighted by Gasteiger charge is -2.44. The zero-order valence-electron chi connectivity index (χ0n) is 16.7. The van der Waals surface area contributed by atoms with Crippen molar-refractivity contribution in [3.05, 3.63) is 0 Å². The van der Waals surface area contributed by atoms with E-state index in [1.807, 2.05) is 0 Å². The molecule has 0 aromatic carbocycles. The predicted octanol–water partition coefficient (Wildman–Crippen LogP) is 5.70. The van der Waals surface area contributed by atoms with Crippen molar-refractivity contribution in [3.63, 3.8) is 0 Å². The third-order valence-electron chi connectivity index (χ3n) is 8.49. The van der Waals surface area contributed by atoms with Gasteiger partial charge in [0.15, 0.2) is 0 Å². The van der Waals surface area contributed by atoms with Crippen molar-refractivity contribution in [2.75, 3.05) is 0 Å². The van der Waals surface area contributed by atoms with Crippen LogP contribution in [-0.2, 0) is 9.53 Å². The van der Waals surface area contributed by atoms with Crippen LogP contribution in [0.4, 0.5) is 0 Å². The van der Waals surface area contributed by atoms with Gasteiger partial charge in [-0.05, 0) is 74.0 Å². The highest BCUT2D eigenvalue weighted by Gasteiger charge is 2.53. The maximum Gasteiger partial charge on any atom is 0.309 e. The number of ether oxygens (including phenoxy) is 1. The Labute approximate surface area is 149 Å². The summed E-state index contributed by atoms with van der Waals surface area (Å²) < 4.78 is 6.36. The normalized spacial score (nSPS) is 44.5. The van der Waals surface area contributed by atoms with Gasteiger partial charge in [-0.15, -0.1) is 0 Å². The average Bonchev–Trinajstić information content (AvgIpc) is 3.08. The molecule has 0 saturated heterocycles. The van der Waals surface area contributed by atoms with Crippen LogP contribution in [0.3, 0.4) is 0 Å². The number of hydrogen-bond donors (Lipinski definition) is 0. The van der Waals surface area contributed by atoms with Crippen LogP contribution < -0.4 is 0 Å². The molecule has 0 radical (unpaired) electrons. The molecular weight excluding hydrogens is 296 g/mol. The van der Waals surface area contributed by atoms with E-state index >= 15 is 0 Å². The summed E-state index contributed by atoms with van der Waals surface area (Å²) in [5, 5.41) is 0. The van der Waals surface area contributed by atoms with Crippen molar-refractivity contribution in [1.82, 2.24) is 0 Å². The fourth-order valence-electron chi connectivity index (χ4n) is 6.01. The second-order valence-electron chi connectivity index (χ2n) is 9.94. The van der Waals surface area contributed by atoms with Crippen molar-refractivity contribution < 1.29 is 9.53 Å². The molecule has 3 aliphatic carbocycles. The minimum atomic E-state index is -0.284. The average molecular weight is 335 g/mol. The fraction of sp³-hybridized carbons (Fsp3) is 0.955. The molecule has 24 heavy (non-hydrogen) atoms. The first-order chi connectivity index (χ1) is 11.2. The summed E-state index contributed by atoms with van der Waals surface area (Å²) >= 11 is 0. The first kappa shape index (κ1) is 18.3. The molecule has 2 bridgehead atoms. The maximum atomic E-state index is 13.1. The zero-order valence-corrected chi connectivity index (χ0v) is 16.7. The minimum Gasteiger partial charge on any atom is -0.459 e. The maximum absolute atomic E-state index is 13.1. The molecule has 3 aliphatic rings. The summed E-state index contributed by atoms with van der Waals surface area (Å²) in [5.41, 5.74) is -0.284. The highest BCUT2D eigenvalue weighted by molar-refractivity contribution is 5.74. The van der Waals surface area contributed by atoms with Gasteiger partial charge in [-0.25, -0.2) is 0 Å². The topological polar surface area (TPSA) is 26.3 Å². The van der Waals surface area contributed by atoms with Gasteiger partial charge in [-0.2, -0.15) is 0 Å². The van der Waals surface area contributed by atoms with Gasteiger partial charge < -0.3 is 4.74 Å². The largest absolute Gasteiger partial charge is 0.459 e. The molecule has 0 aromatic rings. The standard InChI is InChI=1S/C22H38O2/c1-13(2)22(6,18-9-7-14(3)8-10-18)24-21(23)20-12-17-11-19(20)16(5)15(17)4/h13-20H,7-12H2,1-6H3. The Morgan fingerprint density at radius 3 is 2.12 bits per heavy atom. The second kappa shape index (κ2) is 6.65. The van der Waals surface area contributed by atoms with E-state index in [4.69, 9.17) is 4.74 Å². The van der Waals surface area contributed by atoms with Gasteiger partial charge in [-0.1, -0.05) is 47.5 Å². The van der Waals surface area contributed by atoms with Crippen LogP contribution in [0, 0.1) is 47.3 Å². The Bertz CT molecular complexity index is 461. The van der Waals surface area contributed by atoms with E-state index < -0.39 is 0 Å². The molecule has 3 saturated carbocycles. The molecule has 138 valence electrons. The van der Waals surface area contributed by atoms with Crippen molar-refractivity contribution in [2.45, 2.75) is 85.7 Å². The van der Waals surface area contributed by atoms with Crippen molar-refractivity contribution >= 4 is 5.97 Å². The molecule has 0 N–H and O–H groups in total. The lowest BCUT2D eigenvalue weighted by Crippen LogP contribution is -2.47. The molecule has 6 atom stereocenters. The molecule has 0 aliphatic heterocycles. The van der Waals surface area contributed by atoms with Crippen molar-refractivity contribution in [1.29, 1.82) is 0 Å². The van der Waals surface area contributed by atoms with E-state index in [1.165, 1.54) is 32.1 Å². The Balaban J connectivity index is 1.69. The van der Waals surface area contributed by atoms with E-state index in [2.05, 4.69) is 41.5 Å². The Kier molecular flexibility index (Phi) is 5.06. The van der Waals surface area contributed by atoms with Crippen LogP contribution in [-0.4, -0.2) is 11.6 Å². The van der Waals surface area contributed by atoms with Gasteiger partial charge >= 0.3 is 5.97 Å². The number of carbonyl (C=O) groups is 1. The van der Waals surface area contributed by atoms with E-state index in [-0.39, 0.29) is 17.5 Å². The van der Waals surface area contributed by atoms with Crippen LogP contribution >= 0.6 is 0 Å². The lowest BCUT2D eigenvalue weighted by molar-refractivity contribution is -0.180. The van der Waals surface area contributed by atoms with Gasteiger partial charge in [0.2, 0.25) is 0 Å². The molecule has 0 aromatic heterocycles. The molecule has 2 nitrogen and oxygen atoms in total. The summed E-state index contributed by atoms with van der Waals surface area (Å²) in [6.07, 6.45) is 7.33. The van der Waals surface area contributed by atoms with Crippen LogP contribution in [0.1, 0.15) is 80.1 Å². The van der Waals surface area contributed by atoms with Crippen molar-refractivity contribution in [2.24, 2.45) is 47.3 Å². The lowest BCUT2D eigenvalue weighted by atomic mass is 9.70. The molecule has 0 heterocycles. The highest BCUT2D eigenvalue weighted by atomic mass is 16.6. The first-order valence-corrected chi connectivity index (χ1v) is 10.5. The summed E-state index contributed by atoms with van der Waals surface area (Å²) in [7, 11) is 0. The highest BCUT2D eigenvalue weighted by Crippen LogP contribution is 2.55. The molecular formula is C22H38O2. The number of fused-ring (bicyclic) bond motifs is 2. The number of rotatable bonds is 4. The monoisotopic (exact) mass is 334 g/mol. The molecule has 6 unspecified atom stereocenters. The van der Waals surface area contributed by atoms with Gasteiger partial charge in [0.25, 0.3) is 0 Å². The summed E-state index contributed by atoms with van der Waals surface area (Å²) in [6, 6.07) is 0. The second-order valence-corrected chi connectivity index (χ2v) is 9.94. The smallest absolute Gasteiger partial charge is 0.309 e. The van der Waals surface area contributed by atoms with Gasteiger partial charge in [0, 0.05) is 0 Å². The van der Waals surface area contributed by atoms with E-state index in [0.717, 1.165) is 24.2 Å². The minimum absolute atomic E-state index is 0.121. The van der Waals surface area contributed by atoms with Gasteiger partial charge in [0.1, 0.15) is 5.60 Å². The molecule has 0 amide bonds. The van der Waals surface area contributed by atoms with Crippen LogP contribution in [0.15, 0.2) is 0 Å². The molecule has 3 rings (SSSR count). The third-order valence-corrected chi connectivity index (χ3v) is 8.49. The molecule has 3 fully saturated rings. The summed E-state index contributed by atoms with van der Waals surface area (Å²) in [6.45, 7) is 13.8. The third kappa shape index (κ3) is 3.03. The Hall–Kier alpha value is -0.530. The fourth-order valence-corrected chi connectivity index (χ4v) is 6.01. The SMILES string of the molecule is CC1CCC(C(C)(OC(=O)C2CC3CC2C(C)C3C)C(C)C)CC1. The Morgan fingerprint density at radius 1 is 1.00 bits per heavy atom. The summed E-state index contributed by atoms with van der Waals surface area (Å²) in [4.78, 5) is 13.1. The molecule has 2 heteroatoms. The Morgan fingerprint density at radius 2 is 1.62 bits per heavy atom. The molecule has 0 spiro atoms. The first-order valence-electron chi connectivity index (χ1n) is 10.5. The number of carbonyl (C=O) groups excluding carboxylic acids is 1. The van der Waals surface area contributed by atoms with Gasteiger partial charge in [-0.3, -0.25) is 4.79 Å². The summed E-state index contributed by atoms with van der Waals surface area (Å²) in [5.74, 6) is 4.84. The van der Waals surface area contributed by atoms with Crippen LogP contribution in [0.2, 0.25) is 0 Å². The number of hydrogen-bond acceptors (Lipinski definition) is 2. The van der Waals surface area contributed by atoms with Gasteiger partial charge in [0.05, 0.1) is 5.92 Å². The van der Waals surface area contributed by atoms with E-state index in [1.54, 1.807) is 0 Å².